The Bertz CT molecular complexity index is 645. The third-order valence-electron chi connectivity index (χ3n) is 2.60. The summed E-state index contributed by atoms with van der Waals surface area (Å²) in [6.45, 7) is 0.0871. The molecule has 2 amide bonds. The minimum atomic E-state index is -0.530. The summed E-state index contributed by atoms with van der Waals surface area (Å²) in [5.41, 5.74) is 6.20. The molecule has 0 radical (unpaired) electrons. The number of nitrogens with two attached hydrogens (primary N) is 1. The molecule has 5 nitrogen and oxygen atoms in total. The normalized spacial score (nSPS) is 9.57. The molecule has 0 spiro atoms. The van der Waals surface area contributed by atoms with E-state index in [2.05, 4.69) is 5.32 Å². The molecule has 1 heterocycles. The lowest BCUT2D eigenvalue weighted by molar-refractivity contribution is -0.684. The highest BCUT2D eigenvalue weighted by molar-refractivity contribution is 6.30. The molecule has 0 atom stereocenters. The Morgan fingerprint density at radius 1 is 1.19 bits per heavy atom. The van der Waals surface area contributed by atoms with Gasteiger partial charge in [-0.1, -0.05) is 11.6 Å². The van der Waals surface area contributed by atoms with Gasteiger partial charge in [0.1, 0.15) is 5.56 Å². The maximum Gasteiger partial charge on any atom is 0.290 e. The molecule has 0 saturated heterocycles. The lowest BCUT2D eigenvalue weighted by Crippen LogP contribution is -3.00. The monoisotopic (exact) mass is 325 g/mol. The number of anilines is 1. The van der Waals surface area contributed by atoms with E-state index in [1.54, 1.807) is 47.2 Å². The van der Waals surface area contributed by atoms with Gasteiger partial charge >= 0.3 is 0 Å². The maximum atomic E-state index is 11.9. The van der Waals surface area contributed by atoms with Gasteiger partial charge in [0.05, 0.1) is 0 Å². The summed E-state index contributed by atoms with van der Waals surface area (Å²) in [4.78, 5) is 22.9. The molecule has 21 heavy (non-hydrogen) atoms. The third-order valence-corrected chi connectivity index (χ3v) is 2.85. The number of rotatable bonds is 4. The Balaban J connectivity index is 0.00000220. The SMILES string of the molecule is NC(=O)c1ccc[n+](CC(=O)Nc2ccc(Cl)cc2)c1.[Cl-]. The molecule has 3 N–H and O–H groups in total. The number of primary amides is 1. The molecule has 1 aromatic carbocycles. The van der Waals surface area contributed by atoms with Crippen molar-refractivity contribution in [1.29, 1.82) is 0 Å². The van der Waals surface area contributed by atoms with Crippen molar-refractivity contribution in [1.82, 2.24) is 0 Å². The van der Waals surface area contributed by atoms with Crippen molar-refractivity contribution in [3.8, 4) is 0 Å². The van der Waals surface area contributed by atoms with E-state index in [4.69, 9.17) is 17.3 Å². The number of aromatic nitrogens is 1. The summed E-state index contributed by atoms with van der Waals surface area (Å²) >= 11 is 5.76. The van der Waals surface area contributed by atoms with Crippen molar-refractivity contribution in [2.75, 3.05) is 5.32 Å². The maximum absolute atomic E-state index is 11.9. The summed E-state index contributed by atoms with van der Waals surface area (Å²) in [7, 11) is 0. The summed E-state index contributed by atoms with van der Waals surface area (Å²) in [5.74, 6) is -0.739. The topological polar surface area (TPSA) is 76.1 Å². The number of hydrogen-bond acceptors (Lipinski definition) is 2. The van der Waals surface area contributed by atoms with Gasteiger partial charge in [0.2, 0.25) is 6.54 Å². The van der Waals surface area contributed by atoms with Gasteiger partial charge < -0.3 is 23.5 Å². The van der Waals surface area contributed by atoms with Gasteiger partial charge in [0, 0.05) is 16.8 Å². The van der Waals surface area contributed by atoms with Gasteiger partial charge in [-0.05, 0) is 30.3 Å². The molecule has 110 valence electrons. The Kier molecular flexibility index (Phi) is 6.14. The number of nitrogens with one attached hydrogen (secondary N) is 1. The summed E-state index contributed by atoms with van der Waals surface area (Å²) in [5, 5.41) is 3.33. The van der Waals surface area contributed by atoms with E-state index in [9.17, 15) is 9.59 Å². The summed E-state index contributed by atoms with van der Waals surface area (Å²) in [6, 6.07) is 10.1. The van der Waals surface area contributed by atoms with Crippen LogP contribution in [0.2, 0.25) is 5.02 Å². The fourth-order valence-electron chi connectivity index (χ4n) is 1.67. The molecule has 0 unspecified atom stereocenters. The summed E-state index contributed by atoms with van der Waals surface area (Å²) < 4.78 is 1.59. The van der Waals surface area contributed by atoms with E-state index >= 15 is 0 Å². The first kappa shape index (κ1) is 16.9. The van der Waals surface area contributed by atoms with E-state index in [1.165, 1.54) is 6.20 Å². The van der Waals surface area contributed by atoms with E-state index in [0.29, 0.717) is 16.3 Å². The Morgan fingerprint density at radius 2 is 1.86 bits per heavy atom. The van der Waals surface area contributed by atoms with Gasteiger partial charge in [-0.15, -0.1) is 0 Å². The average molecular weight is 326 g/mol. The fourth-order valence-corrected chi connectivity index (χ4v) is 1.79. The Hall–Kier alpha value is -2.11. The number of hydrogen-bond donors (Lipinski definition) is 2. The predicted molar refractivity (Wildman–Crippen MR) is 75.2 cm³/mol. The van der Waals surface area contributed by atoms with Crippen LogP contribution < -0.4 is 28.0 Å². The number of nitrogens with zero attached hydrogens (tertiary/aromatic N) is 1. The Labute approximate surface area is 133 Å². The molecule has 1 aromatic heterocycles. The van der Waals surface area contributed by atoms with Crippen LogP contribution in [0.25, 0.3) is 0 Å². The molecular weight excluding hydrogens is 313 g/mol. The zero-order valence-electron chi connectivity index (χ0n) is 10.9. The van der Waals surface area contributed by atoms with Crippen molar-refractivity contribution in [3.63, 3.8) is 0 Å². The largest absolute Gasteiger partial charge is 1.00 e. The number of pyridine rings is 1. The second-order valence-electron chi connectivity index (χ2n) is 4.18. The molecule has 7 heteroatoms. The minimum absolute atomic E-state index is 0. The number of halogens is 2. The van der Waals surface area contributed by atoms with E-state index in [1.807, 2.05) is 0 Å². The van der Waals surface area contributed by atoms with Crippen LogP contribution in [0.3, 0.4) is 0 Å². The number of benzene rings is 1. The lowest BCUT2D eigenvalue weighted by atomic mass is 10.2. The van der Waals surface area contributed by atoms with Crippen molar-refractivity contribution in [2.24, 2.45) is 5.73 Å². The molecule has 0 fully saturated rings. The van der Waals surface area contributed by atoms with E-state index in [0.717, 1.165) is 0 Å². The molecule has 0 saturated carbocycles. The van der Waals surface area contributed by atoms with E-state index in [-0.39, 0.29) is 24.9 Å². The molecule has 0 aliphatic carbocycles. The average Bonchev–Trinajstić information content (AvgIpc) is 2.41. The van der Waals surface area contributed by atoms with Crippen molar-refractivity contribution >= 4 is 29.1 Å². The number of carbonyl (C=O) groups is 2. The van der Waals surface area contributed by atoms with Gasteiger partial charge in [0.15, 0.2) is 12.4 Å². The van der Waals surface area contributed by atoms with Crippen LogP contribution in [0.1, 0.15) is 10.4 Å². The molecule has 0 bridgehead atoms. The van der Waals surface area contributed by atoms with Crippen molar-refractivity contribution in [2.45, 2.75) is 6.54 Å². The lowest BCUT2D eigenvalue weighted by Gasteiger charge is -2.03. The van der Waals surface area contributed by atoms with Gasteiger partial charge in [-0.3, -0.25) is 9.59 Å². The molecule has 2 aromatic rings. The second-order valence-corrected chi connectivity index (χ2v) is 4.62. The van der Waals surface area contributed by atoms with Gasteiger partial charge in [0.25, 0.3) is 11.8 Å². The first-order valence-corrected chi connectivity index (χ1v) is 6.27. The van der Waals surface area contributed by atoms with Gasteiger partial charge in [-0.25, -0.2) is 0 Å². The molecular formula is C14H13Cl2N3O2. The van der Waals surface area contributed by atoms with Crippen LogP contribution in [0.4, 0.5) is 5.69 Å². The van der Waals surface area contributed by atoms with E-state index < -0.39 is 5.91 Å². The first-order chi connectivity index (χ1) is 9.54. The highest BCUT2D eigenvalue weighted by Crippen LogP contribution is 2.13. The minimum Gasteiger partial charge on any atom is -1.00 e. The molecule has 0 aliphatic rings. The highest BCUT2D eigenvalue weighted by atomic mass is 35.5. The highest BCUT2D eigenvalue weighted by Gasteiger charge is 2.12. The fraction of sp³-hybridized carbons (Fsp3) is 0.0714. The van der Waals surface area contributed by atoms with Crippen molar-refractivity contribution in [3.05, 3.63) is 59.4 Å². The van der Waals surface area contributed by atoms with Crippen LogP contribution in [-0.4, -0.2) is 11.8 Å². The smallest absolute Gasteiger partial charge is 0.290 e. The second kappa shape index (κ2) is 7.61. The zero-order valence-corrected chi connectivity index (χ0v) is 12.4. The van der Waals surface area contributed by atoms with Crippen LogP contribution >= 0.6 is 11.6 Å². The van der Waals surface area contributed by atoms with Crippen molar-refractivity contribution < 1.29 is 26.6 Å². The van der Waals surface area contributed by atoms with Gasteiger partial charge in [-0.2, -0.15) is 4.57 Å². The number of carbonyl (C=O) groups excluding carboxylic acids is 2. The predicted octanol–water partition coefficient (Wildman–Crippen LogP) is -1.63. The van der Waals surface area contributed by atoms with Crippen LogP contribution in [0.15, 0.2) is 48.8 Å². The summed E-state index contributed by atoms with van der Waals surface area (Å²) in [6.07, 6.45) is 3.22. The standard InChI is InChI=1S/C14H12ClN3O2.ClH/c15-11-3-5-12(6-4-11)17-13(19)9-18-7-1-2-10(8-18)14(16)20;/h1-8H,9H2,(H2-,16,17,19,20);1H. The van der Waals surface area contributed by atoms with Crippen LogP contribution in [0, 0.1) is 0 Å². The van der Waals surface area contributed by atoms with Crippen LogP contribution in [-0.2, 0) is 11.3 Å². The number of amides is 2. The quantitative estimate of drug-likeness (QED) is 0.662. The molecule has 0 aliphatic heterocycles. The third kappa shape index (κ3) is 5.06. The zero-order chi connectivity index (χ0) is 14.5. The molecule has 2 rings (SSSR count). The van der Waals surface area contributed by atoms with Crippen LogP contribution in [0.5, 0.6) is 0 Å². The Morgan fingerprint density at radius 3 is 2.48 bits per heavy atom. The first-order valence-electron chi connectivity index (χ1n) is 5.89.